The lowest BCUT2D eigenvalue weighted by Crippen LogP contribution is -2.21. The van der Waals surface area contributed by atoms with Crippen LogP contribution in [0, 0.1) is 12.7 Å². The number of rotatable bonds is 8. The average molecular weight is 464 g/mol. The van der Waals surface area contributed by atoms with Crippen molar-refractivity contribution in [3.8, 4) is 23.1 Å². The number of aromatic nitrogens is 3. The van der Waals surface area contributed by atoms with Crippen molar-refractivity contribution in [1.29, 1.82) is 0 Å². The van der Waals surface area contributed by atoms with Gasteiger partial charge < -0.3 is 24.1 Å². The van der Waals surface area contributed by atoms with Crippen LogP contribution in [0.15, 0.2) is 36.7 Å². The number of hydrogen-bond acceptors (Lipinski definition) is 6. The number of methoxy groups -OCH3 is 1. The van der Waals surface area contributed by atoms with Crippen LogP contribution in [0.3, 0.4) is 0 Å². The standard InChI is InChI=1S/C25H27FN4O3/c1-16-12-17-19(29-16)6-7-21(24(17)26)33-25-18-13-22(31-2)23(14-20(18)27-15-28-25)32-11-5-10-30-8-3-4-9-30/h6-7,12-15,29H,3-5,8-11H2,1-2H3/i2D3,3D2,4D2,5D2,10D2,11D2. The van der Waals surface area contributed by atoms with E-state index in [2.05, 4.69) is 15.0 Å². The van der Waals surface area contributed by atoms with Gasteiger partial charge in [0.25, 0.3) is 0 Å². The van der Waals surface area contributed by atoms with E-state index in [9.17, 15) is 0 Å². The van der Waals surface area contributed by atoms with Crippen LogP contribution in [0.1, 0.15) is 42.6 Å². The maximum atomic E-state index is 15.3. The first-order chi connectivity index (χ1) is 21.0. The van der Waals surface area contributed by atoms with Crippen molar-refractivity contribution in [3.63, 3.8) is 0 Å². The van der Waals surface area contributed by atoms with Gasteiger partial charge in [0, 0.05) is 40.1 Å². The number of nitrogens with zero attached hydrogens (tertiary/aromatic N) is 3. The van der Waals surface area contributed by atoms with Crippen LogP contribution in [0.4, 0.5) is 4.39 Å². The van der Waals surface area contributed by atoms with E-state index in [0.29, 0.717) is 16.1 Å². The zero-order valence-electron chi connectivity index (χ0n) is 30.3. The topological polar surface area (TPSA) is 72.5 Å². The van der Waals surface area contributed by atoms with Crippen molar-refractivity contribution in [2.45, 2.75) is 26.0 Å². The Morgan fingerprint density at radius 2 is 2.03 bits per heavy atom. The predicted octanol–water partition coefficient (Wildman–Crippen LogP) is 5.22. The Hall–Kier alpha value is -3.39. The molecule has 1 saturated heterocycles. The number of hydrogen-bond donors (Lipinski definition) is 1. The molecule has 0 radical (unpaired) electrons. The molecule has 0 aliphatic carbocycles. The number of likely N-dealkylation sites (tertiary alicyclic amines) is 1. The van der Waals surface area contributed by atoms with Gasteiger partial charge in [-0.2, -0.15) is 0 Å². The van der Waals surface area contributed by atoms with Crippen molar-refractivity contribution in [2.75, 3.05) is 33.2 Å². The molecular weight excluding hydrogens is 423 g/mol. The van der Waals surface area contributed by atoms with E-state index >= 15 is 4.39 Å². The number of aromatic amines is 1. The lowest BCUT2D eigenvalue weighted by atomic mass is 10.2. The number of H-pyrrole nitrogens is 1. The Balaban J connectivity index is 1.54. The minimum absolute atomic E-state index is 0.0284. The van der Waals surface area contributed by atoms with Crippen LogP contribution in [-0.2, 0) is 0 Å². The molecule has 1 aliphatic heterocycles. The average Bonchev–Trinajstić information content (AvgIpc) is 3.40. The van der Waals surface area contributed by atoms with E-state index in [1.807, 2.05) is 0 Å². The summed E-state index contributed by atoms with van der Waals surface area (Å²) in [6, 6.07) is 6.50. The second kappa shape index (κ2) is 9.23. The highest BCUT2D eigenvalue weighted by Crippen LogP contribution is 2.37. The zero-order chi connectivity index (χ0) is 34.3. The Morgan fingerprint density at radius 1 is 1.15 bits per heavy atom. The number of aryl methyl sites for hydroxylation is 1. The van der Waals surface area contributed by atoms with Crippen molar-refractivity contribution in [3.05, 3.63) is 48.2 Å². The van der Waals surface area contributed by atoms with E-state index in [1.54, 1.807) is 19.1 Å². The first kappa shape index (κ1) is 11.2. The number of halogens is 1. The number of ether oxygens (including phenoxy) is 3. The molecule has 5 rings (SSSR count). The number of fused-ring (bicyclic) bond motifs is 2. The van der Waals surface area contributed by atoms with Crippen molar-refractivity contribution in [2.24, 2.45) is 0 Å². The predicted molar refractivity (Wildman–Crippen MR) is 125 cm³/mol. The van der Waals surface area contributed by atoms with Gasteiger partial charge in [0.1, 0.15) is 6.33 Å². The molecule has 0 amide bonds. The van der Waals surface area contributed by atoms with Crippen molar-refractivity contribution in [1.82, 2.24) is 19.9 Å². The molecule has 172 valence electrons. The number of nitrogens with one attached hydrogen (secondary N) is 1. The summed E-state index contributed by atoms with van der Waals surface area (Å²) in [6.45, 7) is -6.95. The highest BCUT2D eigenvalue weighted by atomic mass is 19.1. The third-order valence-corrected chi connectivity index (χ3v) is 4.91. The minimum Gasteiger partial charge on any atom is -0.493 e. The van der Waals surface area contributed by atoms with Gasteiger partial charge in [0.2, 0.25) is 5.88 Å². The van der Waals surface area contributed by atoms with Crippen LogP contribution >= 0.6 is 0 Å². The third-order valence-electron chi connectivity index (χ3n) is 4.91. The minimum atomic E-state index is -3.62. The van der Waals surface area contributed by atoms with Gasteiger partial charge in [0.05, 0.1) is 31.4 Å². The molecule has 3 heterocycles. The fraction of sp³-hybridized carbons (Fsp3) is 0.360. The molecule has 1 N–H and O–H groups in total. The monoisotopic (exact) mass is 463 g/mol. The Labute approximate surface area is 209 Å². The highest BCUT2D eigenvalue weighted by Gasteiger charge is 2.17. The van der Waals surface area contributed by atoms with Gasteiger partial charge in [-0.15, -0.1) is 0 Å². The van der Waals surface area contributed by atoms with Gasteiger partial charge in [0.15, 0.2) is 23.1 Å². The largest absolute Gasteiger partial charge is 0.493 e. The van der Waals surface area contributed by atoms with Crippen LogP contribution in [-0.4, -0.2) is 53.0 Å². The summed E-state index contributed by atoms with van der Waals surface area (Å²) in [4.78, 5) is 11.6. The second-order valence-electron chi connectivity index (χ2n) is 7.14. The number of benzene rings is 2. The molecule has 0 unspecified atom stereocenters. The normalized spacial score (nSPS) is 24.8. The summed E-state index contributed by atoms with van der Waals surface area (Å²) < 4.78 is 136. The molecule has 1 aliphatic rings. The molecular formula is C25H27FN4O3. The maximum absolute atomic E-state index is 15.3. The van der Waals surface area contributed by atoms with Gasteiger partial charge in [-0.3, -0.25) is 0 Å². The van der Waals surface area contributed by atoms with Crippen LogP contribution in [0.5, 0.6) is 23.1 Å². The SMILES string of the molecule is [2H]C([2H])([2H])Oc1cc2c(Oc3ccc4[nH]c(C)cc4c3F)ncnc2cc1OC([2H])([2H])C([2H])([2H])C([2H])([2H])N1CC([2H])([2H])C([2H])([2H])C1. The van der Waals surface area contributed by atoms with E-state index in [0.717, 1.165) is 18.5 Å². The highest BCUT2D eigenvalue weighted by molar-refractivity contribution is 5.87. The van der Waals surface area contributed by atoms with E-state index in [1.165, 1.54) is 6.07 Å². The maximum Gasteiger partial charge on any atom is 0.230 e. The van der Waals surface area contributed by atoms with Gasteiger partial charge in [-0.1, -0.05) is 0 Å². The van der Waals surface area contributed by atoms with Gasteiger partial charge >= 0.3 is 0 Å². The Morgan fingerprint density at radius 3 is 2.88 bits per heavy atom. The molecule has 0 bridgehead atoms. The molecule has 0 atom stereocenters. The quantitative estimate of drug-likeness (QED) is 0.386. The molecule has 2 aromatic carbocycles. The molecule has 0 saturated carbocycles. The molecule has 2 aromatic heterocycles. The lowest BCUT2D eigenvalue weighted by molar-refractivity contribution is 0.254. The molecule has 4 aromatic rings. The van der Waals surface area contributed by atoms with E-state index in [-0.39, 0.29) is 27.9 Å². The van der Waals surface area contributed by atoms with Gasteiger partial charge in [-0.05, 0) is 63.4 Å². The summed E-state index contributed by atoms with van der Waals surface area (Å²) in [5.41, 5.74) is 1.17. The smallest absolute Gasteiger partial charge is 0.230 e. The van der Waals surface area contributed by atoms with Gasteiger partial charge in [-0.25, -0.2) is 14.4 Å². The first-order valence-electron chi connectivity index (χ1n) is 16.3. The Kier molecular flexibility index (Phi) is 3.12. The van der Waals surface area contributed by atoms with Crippen LogP contribution < -0.4 is 14.2 Å². The van der Waals surface area contributed by atoms with E-state index in [4.69, 9.17) is 32.0 Å². The molecule has 7 nitrogen and oxygen atoms in total. The van der Waals surface area contributed by atoms with Crippen LogP contribution in [0.25, 0.3) is 21.8 Å². The summed E-state index contributed by atoms with van der Waals surface area (Å²) in [5.74, 6) is -2.56. The summed E-state index contributed by atoms with van der Waals surface area (Å²) in [6.07, 6.45) is -7.74. The summed E-state index contributed by atoms with van der Waals surface area (Å²) >= 11 is 0. The van der Waals surface area contributed by atoms with E-state index < -0.39 is 69.6 Å². The third kappa shape index (κ3) is 4.43. The van der Waals surface area contributed by atoms with Crippen LogP contribution in [0.2, 0.25) is 0 Å². The fourth-order valence-corrected chi connectivity index (χ4v) is 3.37. The Bertz CT molecular complexity index is 1800. The summed E-state index contributed by atoms with van der Waals surface area (Å²) in [5, 5.41) is 0.215. The summed E-state index contributed by atoms with van der Waals surface area (Å²) in [7, 11) is -3.14. The molecule has 33 heavy (non-hydrogen) atoms. The van der Waals surface area contributed by atoms with Crippen molar-refractivity contribution < 1.29 is 36.4 Å². The second-order valence-corrected chi connectivity index (χ2v) is 7.14. The molecule has 1 fully saturated rings. The molecule has 8 heteroatoms. The fourth-order valence-electron chi connectivity index (χ4n) is 3.37. The molecule has 0 spiro atoms. The lowest BCUT2D eigenvalue weighted by Gasteiger charge is -2.16. The first-order valence-corrected chi connectivity index (χ1v) is 9.83. The van der Waals surface area contributed by atoms with Crippen molar-refractivity contribution >= 4 is 21.8 Å². The zero-order valence-corrected chi connectivity index (χ0v) is 17.3.